The van der Waals surface area contributed by atoms with E-state index >= 15 is 0 Å². The number of nitrogens with zero attached hydrogens (tertiary/aromatic N) is 4. The van der Waals surface area contributed by atoms with Gasteiger partial charge in [0.1, 0.15) is 23.6 Å². The molecule has 0 spiro atoms. The van der Waals surface area contributed by atoms with Gasteiger partial charge in [-0.3, -0.25) is 4.79 Å². The van der Waals surface area contributed by atoms with Gasteiger partial charge in [0.25, 0.3) is 5.91 Å². The number of aryl methyl sites for hydroxylation is 1. The van der Waals surface area contributed by atoms with Crippen LogP contribution in [0, 0.1) is 6.92 Å². The molecule has 7 heteroatoms. The first-order chi connectivity index (χ1) is 15.6. The zero-order chi connectivity index (χ0) is 22.3. The fraction of sp³-hybridized carbons (Fsp3) is 0.320. The summed E-state index contributed by atoms with van der Waals surface area (Å²) in [6, 6.07) is 17.6. The lowest BCUT2D eigenvalue weighted by molar-refractivity contribution is -0.133. The van der Waals surface area contributed by atoms with Crippen LogP contribution in [0.2, 0.25) is 0 Å². The van der Waals surface area contributed by atoms with Gasteiger partial charge in [-0.2, -0.15) is 0 Å². The van der Waals surface area contributed by atoms with Crippen LogP contribution in [-0.2, 0) is 4.79 Å². The van der Waals surface area contributed by atoms with Crippen LogP contribution >= 0.6 is 0 Å². The highest BCUT2D eigenvalue weighted by molar-refractivity contribution is 5.78. The molecule has 1 saturated heterocycles. The van der Waals surface area contributed by atoms with E-state index in [9.17, 15) is 4.79 Å². The maximum Gasteiger partial charge on any atom is 0.260 e. The average Bonchev–Trinajstić information content (AvgIpc) is 2.84. The minimum absolute atomic E-state index is 0.00525. The fourth-order valence-electron chi connectivity index (χ4n) is 3.70. The lowest BCUT2D eigenvalue weighted by Crippen LogP contribution is -2.50. The first-order valence-electron chi connectivity index (χ1n) is 10.9. The Morgan fingerprint density at radius 2 is 1.72 bits per heavy atom. The summed E-state index contributed by atoms with van der Waals surface area (Å²) >= 11 is 0. The summed E-state index contributed by atoms with van der Waals surface area (Å²) in [6.45, 7) is 7.35. The predicted molar refractivity (Wildman–Crippen MR) is 124 cm³/mol. The number of piperazine rings is 1. The van der Waals surface area contributed by atoms with Crippen molar-refractivity contribution in [2.24, 2.45) is 0 Å². The van der Waals surface area contributed by atoms with Crippen molar-refractivity contribution in [3.63, 3.8) is 0 Å². The van der Waals surface area contributed by atoms with E-state index in [1.54, 1.807) is 6.33 Å². The van der Waals surface area contributed by atoms with Crippen molar-refractivity contribution in [1.29, 1.82) is 0 Å². The standard InChI is InChI=1S/C25H28N4O3/c1-3-31-21-10-8-20(9-11-21)22-16-24(27-18-26-22)28-12-14-29(15-13-28)25(30)17-32-23-7-5-4-6-19(23)2/h4-11,16,18H,3,12-15,17H2,1-2H3. The molecule has 3 aromatic rings. The molecule has 0 N–H and O–H groups in total. The van der Waals surface area contributed by atoms with E-state index in [4.69, 9.17) is 9.47 Å². The third-order valence-electron chi connectivity index (χ3n) is 5.51. The largest absolute Gasteiger partial charge is 0.494 e. The van der Waals surface area contributed by atoms with Crippen molar-refractivity contribution in [2.45, 2.75) is 13.8 Å². The molecule has 1 amide bonds. The Kier molecular flexibility index (Phi) is 6.84. The van der Waals surface area contributed by atoms with Crippen LogP contribution in [0.15, 0.2) is 60.9 Å². The molecule has 32 heavy (non-hydrogen) atoms. The van der Waals surface area contributed by atoms with Gasteiger partial charge in [0.15, 0.2) is 6.61 Å². The molecule has 1 aliphatic rings. The molecular formula is C25H28N4O3. The SMILES string of the molecule is CCOc1ccc(-c2cc(N3CCN(C(=O)COc4ccccc4C)CC3)ncn2)cc1. The lowest BCUT2D eigenvalue weighted by atomic mass is 10.1. The summed E-state index contributed by atoms with van der Waals surface area (Å²) < 4.78 is 11.2. The Labute approximate surface area is 188 Å². The summed E-state index contributed by atoms with van der Waals surface area (Å²) in [5, 5.41) is 0. The third-order valence-corrected chi connectivity index (χ3v) is 5.51. The maximum absolute atomic E-state index is 12.6. The fourth-order valence-corrected chi connectivity index (χ4v) is 3.70. The number of rotatable bonds is 7. The van der Waals surface area contributed by atoms with Crippen LogP contribution < -0.4 is 14.4 Å². The summed E-state index contributed by atoms with van der Waals surface area (Å²) in [4.78, 5) is 25.5. The molecule has 0 radical (unpaired) electrons. The smallest absolute Gasteiger partial charge is 0.260 e. The molecule has 0 atom stereocenters. The molecular weight excluding hydrogens is 404 g/mol. The quantitative estimate of drug-likeness (QED) is 0.569. The molecule has 2 aromatic carbocycles. The van der Waals surface area contributed by atoms with Crippen LogP contribution in [-0.4, -0.2) is 60.2 Å². The van der Waals surface area contributed by atoms with Crippen LogP contribution in [0.25, 0.3) is 11.3 Å². The molecule has 2 heterocycles. The van der Waals surface area contributed by atoms with Gasteiger partial charge in [0.2, 0.25) is 0 Å². The van der Waals surface area contributed by atoms with Crippen molar-refractivity contribution in [1.82, 2.24) is 14.9 Å². The highest BCUT2D eigenvalue weighted by atomic mass is 16.5. The van der Waals surface area contributed by atoms with Gasteiger partial charge in [-0.25, -0.2) is 9.97 Å². The highest BCUT2D eigenvalue weighted by Gasteiger charge is 2.22. The van der Waals surface area contributed by atoms with E-state index < -0.39 is 0 Å². The summed E-state index contributed by atoms with van der Waals surface area (Å²) in [7, 11) is 0. The lowest BCUT2D eigenvalue weighted by Gasteiger charge is -2.35. The van der Waals surface area contributed by atoms with E-state index in [-0.39, 0.29) is 12.5 Å². The summed E-state index contributed by atoms with van der Waals surface area (Å²) in [5.74, 6) is 2.47. The number of carbonyl (C=O) groups is 1. The first kappa shape index (κ1) is 21.6. The van der Waals surface area contributed by atoms with Crippen LogP contribution in [0.3, 0.4) is 0 Å². The van der Waals surface area contributed by atoms with Gasteiger partial charge in [-0.05, 0) is 49.7 Å². The Hall–Kier alpha value is -3.61. The predicted octanol–water partition coefficient (Wildman–Crippen LogP) is 3.58. The van der Waals surface area contributed by atoms with Gasteiger partial charge < -0.3 is 19.3 Å². The average molecular weight is 433 g/mol. The van der Waals surface area contributed by atoms with Gasteiger partial charge in [0.05, 0.1) is 12.3 Å². The zero-order valence-corrected chi connectivity index (χ0v) is 18.5. The van der Waals surface area contributed by atoms with Gasteiger partial charge in [0, 0.05) is 37.8 Å². The van der Waals surface area contributed by atoms with Gasteiger partial charge >= 0.3 is 0 Å². The van der Waals surface area contributed by atoms with E-state index in [1.807, 2.05) is 73.3 Å². The number of ether oxygens (including phenoxy) is 2. The molecule has 4 rings (SSSR count). The van der Waals surface area contributed by atoms with E-state index in [0.717, 1.165) is 47.2 Å². The minimum Gasteiger partial charge on any atom is -0.494 e. The van der Waals surface area contributed by atoms with Crippen molar-refractivity contribution < 1.29 is 14.3 Å². The van der Waals surface area contributed by atoms with E-state index in [2.05, 4.69) is 14.9 Å². The molecule has 7 nitrogen and oxygen atoms in total. The molecule has 166 valence electrons. The molecule has 0 bridgehead atoms. The Bertz CT molecular complexity index is 1050. The second kappa shape index (κ2) is 10.1. The van der Waals surface area contributed by atoms with Crippen LogP contribution in [0.5, 0.6) is 11.5 Å². The van der Waals surface area contributed by atoms with Crippen molar-refractivity contribution in [3.05, 3.63) is 66.5 Å². The number of benzene rings is 2. The molecule has 1 fully saturated rings. The molecule has 0 saturated carbocycles. The van der Waals surface area contributed by atoms with Crippen molar-refractivity contribution in [2.75, 3.05) is 44.3 Å². The summed E-state index contributed by atoms with van der Waals surface area (Å²) in [5.41, 5.74) is 2.90. The molecule has 1 aliphatic heterocycles. The number of carbonyl (C=O) groups excluding carboxylic acids is 1. The Morgan fingerprint density at radius 1 is 0.969 bits per heavy atom. The van der Waals surface area contributed by atoms with Crippen molar-refractivity contribution in [3.8, 4) is 22.8 Å². The number of aromatic nitrogens is 2. The topological polar surface area (TPSA) is 67.8 Å². The number of amides is 1. The second-order valence-corrected chi connectivity index (χ2v) is 7.64. The molecule has 0 aliphatic carbocycles. The monoisotopic (exact) mass is 432 g/mol. The Morgan fingerprint density at radius 3 is 2.44 bits per heavy atom. The number of anilines is 1. The normalized spacial score (nSPS) is 13.7. The van der Waals surface area contributed by atoms with Crippen LogP contribution in [0.1, 0.15) is 12.5 Å². The second-order valence-electron chi connectivity index (χ2n) is 7.64. The number of hydrogen-bond acceptors (Lipinski definition) is 6. The number of hydrogen-bond donors (Lipinski definition) is 0. The summed E-state index contributed by atoms with van der Waals surface area (Å²) in [6.07, 6.45) is 1.59. The van der Waals surface area contributed by atoms with Crippen molar-refractivity contribution >= 4 is 11.7 Å². The molecule has 1 aromatic heterocycles. The number of para-hydroxylation sites is 1. The van der Waals surface area contributed by atoms with E-state index in [1.165, 1.54) is 0 Å². The zero-order valence-electron chi connectivity index (χ0n) is 18.5. The van der Waals surface area contributed by atoms with E-state index in [0.29, 0.717) is 19.7 Å². The Balaban J connectivity index is 1.33. The minimum atomic E-state index is 0.00525. The van der Waals surface area contributed by atoms with Gasteiger partial charge in [-0.15, -0.1) is 0 Å². The highest BCUT2D eigenvalue weighted by Crippen LogP contribution is 2.24. The van der Waals surface area contributed by atoms with Crippen LogP contribution in [0.4, 0.5) is 5.82 Å². The first-order valence-corrected chi connectivity index (χ1v) is 10.9. The third kappa shape index (κ3) is 5.17. The molecule has 0 unspecified atom stereocenters. The van der Waals surface area contributed by atoms with Gasteiger partial charge in [-0.1, -0.05) is 18.2 Å². The maximum atomic E-state index is 12.6.